The molecule has 2 heterocycles. The first-order valence-corrected chi connectivity index (χ1v) is 20.2. The number of nitrogens with zero attached hydrogens (tertiary/aromatic N) is 6. The molecule has 59 heavy (non-hydrogen) atoms. The molecule has 318 valence electrons. The SMILES string of the molecule is COc1cc(C(=O)N(C)c2ccc(C)cc2OCCCCCC(=O)N2CCN(C)CC2)ccc1C(=O)Nc1cccc2c1nc(NCCN(C)C)n2C(=O)OC(C)(C)C. The number of carbonyl (C=O) groups excluding carboxylic acids is 4. The molecular formula is C44H60N8O7. The van der Waals surface area contributed by atoms with Crippen molar-refractivity contribution >= 4 is 52.2 Å². The molecule has 0 spiro atoms. The molecule has 3 amide bonds. The Balaban J connectivity index is 1.26. The van der Waals surface area contributed by atoms with Crippen LogP contribution in [0.2, 0.25) is 0 Å². The lowest BCUT2D eigenvalue weighted by Gasteiger charge is -2.32. The Morgan fingerprint density at radius 2 is 1.64 bits per heavy atom. The van der Waals surface area contributed by atoms with Crippen molar-refractivity contribution in [3.05, 3.63) is 71.3 Å². The number of rotatable bonds is 16. The second-order valence-corrected chi connectivity index (χ2v) is 16.2. The van der Waals surface area contributed by atoms with Crippen molar-refractivity contribution < 1.29 is 33.4 Å². The Hall–Kier alpha value is -5.67. The fourth-order valence-electron chi connectivity index (χ4n) is 6.67. The molecule has 0 saturated carbocycles. The van der Waals surface area contributed by atoms with Crippen molar-refractivity contribution in [3.63, 3.8) is 0 Å². The van der Waals surface area contributed by atoms with Gasteiger partial charge in [-0.2, -0.15) is 0 Å². The van der Waals surface area contributed by atoms with Crippen molar-refractivity contribution in [1.29, 1.82) is 0 Å². The number of methoxy groups -OCH3 is 1. The molecule has 4 aromatic rings. The van der Waals surface area contributed by atoms with Crippen molar-refractivity contribution in [3.8, 4) is 11.5 Å². The summed E-state index contributed by atoms with van der Waals surface area (Å²) in [5, 5.41) is 6.15. The maximum Gasteiger partial charge on any atom is 0.421 e. The third kappa shape index (κ3) is 11.7. The number of imidazole rings is 1. The predicted octanol–water partition coefficient (Wildman–Crippen LogP) is 6.35. The Kier molecular flexibility index (Phi) is 15.0. The minimum atomic E-state index is -0.746. The number of hydrogen-bond donors (Lipinski definition) is 2. The van der Waals surface area contributed by atoms with Crippen LogP contribution < -0.4 is 25.0 Å². The molecule has 0 atom stereocenters. The van der Waals surface area contributed by atoms with Crippen LogP contribution in [0, 0.1) is 6.92 Å². The molecule has 0 bridgehead atoms. The Morgan fingerprint density at radius 1 is 0.898 bits per heavy atom. The lowest BCUT2D eigenvalue weighted by atomic mass is 10.1. The minimum Gasteiger partial charge on any atom is -0.496 e. The summed E-state index contributed by atoms with van der Waals surface area (Å²) in [7, 11) is 9.09. The standard InChI is InChI=1S/C44H60N8O7/c1-30-17-20-34(37(28-30)58-27-12-10-11-16-38(53)51-25-23-49(7)24-26-51)50(8)41(55)31-18-19-32(36(29-31)57-9)40(54)46-33-14-13-15-35-39(33)47-42(45-21-22-48(5)6)52(35)43(56)59-44(2,3)4/h13-15,17-20,28-29H,10-12,16,21-27H2,1-9H3,(H,45,47)(H,46,54). The molecule has 3 aromatic carbocycles. The van der Waals surface area contributed by atoms with Gasteiger partial charge < -0.3 is 44.4 Å². The number of ether oxygens (including phenoxy) is 3. The van der Waals surface area contributed by atoms with E-state index in [1.807, 2.05) is 49.0 Å². The average molecular weight is 813 g/mol. The van der Waals surface area contributed by atoms with Gasteiger partial charge in [0.1, 0.15) is 22.6 Å². The number of anilines is 3. The zero-order chi connectivity index (χ0) is 42.9. The molecule has 0 unspecified atom stereocenters. The molecule has 15 heteroatoms. The number of likely N-dealkylation sites (N-methyl/N-ethyl adjacent to an activating group) is 2. The topological polar surface area (TPSA) is 151 Å². The highest BCUT2D eigenvalue weighted by Crippen LogP contribution is 2.32. The highest BCUT2D eigenvalue weighted by atomic mass is 16.6. The van der Waals surface area contributed by atoms with E-state index in [9.17, 15) is 19.2 Å². The second kappa shape index (κ2) is 19.9. The predicted molar refractivity (Wildman–Crippen MR) is 231 cm³/mol. The number of piperazine rings is 1. The fourth-order valence-corrected chi connectivity index (χ4v) is 6.67. The molecule has 0 radical (unpaired) electrons. The van der Waals surface area contributed by atoms with E-state index in [2.05, 4.69) is 22.6 Å². The molecule has 1 saturated heterocycles. The summed E-state index contributed by atoms with van der Waals surface area (Å²) in [6.45, 7) is 12.4. The number of aryl methyl sites for hydroxylation is 1. The van der Waals surface area contributed by atoms with Crippen molar-refractivity contribution in [1.82, 2.24) is 24.3 Å². The van der Waals surface area contributed by atoms with Crippen molar-refractivity contribution in [2.75, 3.05) is 96.7 Å². The minimum absolute atomic E-state index is 0.198. The van der Waals surface area contributed by atoms with E-state index >= 15 is 0 Å². The Labute approximate surface area is 347 Å². The third-order valence-electron chi connectivity index (χ3n) is 9.97. The van der Waals surface area contributed by atoms with Crippen LogP contribution in [0.5, 0.6) is 11.5 Å². The number of aromatic nitrogens is 2. The van der Waals surface area contributed by atoms with Crippen LogP contribution in [0.15, 0.2) is 54.6 Å². The number of hydrogen-bond acceptors (Lipinski definition) is 11. The zero-order valence-electron chi connectivity index (χ0n) is 36.0. The van der Waals surface area contributed by atoms with Crippen LogP contribution in [0.1, 0.15) is 72.7 Å². The molecule has 2 N–H and O–H groups in total. The molecule has 15 nitrogen and oxygen atoms in total. The van der Waals surface area contributed by atoms with Gasteiger partial charge in [0, 0.05) is 58.3 Å². The van der Waals surface area contributed by atoms with Gasteiger partial charge in [0.2, 0.25) is 11.9 Å². The van der Waals surface area contributed by atoms with E-state index in [1.165, 1.54) is 22.6 Å². The van der Waals surface area contributed by atoms with E-state index < -0.39 is 17.6 Å². The summed E-state index contributed by atoms with van der Waals surface area (Å²) in [6.07, 6.45) is 2.36. The number of amides is 3. The maximum atomic E-state index is 13.9. The molecule has 1 aliphatic heterocycles. The van der Waals surface area contributed by atoms with E-state index in [0.29, 0.717) is 59.8 Å². The molecule has 1 aliphatic rings. The van der Waals surface area contributed by atoms with E-state index in [0.717, 1.165) is 51.0 Å². The first-order chi connectivity index (χ1) is 28.1. The van der Waals surface area contributed by atoms with Crippen LogP contribution >= 0.6 is 0 Å². The van der Waals surface area contributed by atoms with E-state index in [4.69, 9.17) is 19.2 Å². The summed E-state index contributed by atoms with van der Waals surface area (Å²) in [5.41, 5.74) is 2.56. The molecule has 1 aromatic heterocycles. The number of fused-ring (bicyclic) bond motifs is 1. The van der Waals surface area contributed by atoms with Crippen LogP contribution in [0.3, 0.4) is 0 Å². The quantitative estimate of drug-likeness (QED) is 0.122. The smallest absolute Gasteiger partial charge is 0.421 e. The number of unbranched alkanes of at least 4 members (excludes halogenated alkanes) is 2. The first-order valence-electron chi connectivity index (χ1n) is 20.2. The summed E-state index contributed by atoms with van der Waals surface area (Å²) in [4.78, 5) is 66.2. The maximum absolute atomic E-state index is 13.9. The van der Waals surface area contributed by atoms with Gasteiger partial charge in [0.25, 0.3) is 11.8 Å². The third-order valence-corrected chi connectivity index (χ3v) is 9.97. The molecule has 1 fully saturated rings. The van der Waals surface area contributed by atoms with Gasteiger partial charge in [-0.05, 0) is 116 Å². The number of nitrogens with one attached hydrogen (secondary N) is 2. The van der Waals surface area contributed by atoms with Crippen molar-refractivity contribution in [2.45, 2.75) is 59.0 Å². The monoisotopic (exact) mass is 812 g/mol. The van der Waals surface area contributed by atoms with Gasteiger partial charge >= 0.3 is 6.09 Å². The van der Waals surface area contributed by atoms with Crippen LogP contribution in [0.4, 0.5) is 22.1 Å². The fraction of sp³-hybridized carbons (Fsp3) is 0.477. The first kappa shape index (κ1) is 44.4. The number of para-hydroxylation sites is 1. The van der Waals surface area contributed by atoms with E-state index in [1.54, 1.807) is 58.2 Å². The molecule has 0 aliphatic carbocycles. The van der Waals surface area contributed by atoms with Gasteiger partial charge in [-0.25, -0.2) is 14.3 Å². The van der Waals surface area contributed by atoms with Crippen LogP contribution in [0.25, 0.3) is 11.0 Å². The summed E-state index contributed by atoms with van der Waals surface area (Å²) < 4.78 is 18.9. The zero-order valence-corrected chi connectivity index (χ0v) is 36.0. The summed E-state index contributed by atoms with van der Waals surface area (Å²) in [5.74, 6) is 0.467. The van der Waals surface area contributed by atoms with Gasteiger partial charge in [0.05, 0.1) is 36.2 Å². The number of benzene rings is 3. The lowest BCUT2D eigenvalue weighted by molar-refractivity contribution is -0.132. The molecular weight excluding hydrogens is 753 g/mol. The normalized spacial score (nSPS) is 13.4. The second-order valence-electron chi connectivity index (χ2n) is 16.2. The van der Waals surface area contributed by atoms with Gasteiger partial charge in [-0.1, -0.05) is 12.1 Å². The lowest BCUT2D eigenvalue weighted by Crippen LogP contribution is -2.47. The molecule has 5 rings (SSSR count). The van der Waals surface area contributed by atoms with E-state index in [-0.39, 0.29) is 29.1 Å². The Morgan fingerprint density at radius 3 is 2.34 bits per heavy atom. The number of carbonyl (C=O) groups is 4. The van der Waals surface area contributed by atoms with Crippen LogP contribution in [-0.2, 0) is 9.53 Å². The summed E-state index contributed by atoms with van der Waals surface area (Å²) >= 11 is 0. The van der Waals surface area contributed by atoms with Crippen molar-refractivity contribution in [2.24, 2.45) is 0 Å². The van der Waals surface area contributed by atoms with Crippen LogP contribution in [-0.4, -0.2) is 135 Å². The largest absolute Gasteiger partial charge is 0.496 e. The van der Waals surface area contributed by atoms with Gasteiger partial charge in [0.15, 0.2) is 0 Å². The highest BCUT2D eigenvalue weighted by molar-refractivity contribution is 6.12. The van der Waals surface area contributed by atoms with Gasteiger partial charge in [-0.3, -0.25) is 14.4 Å². The average Bonchev–Trinajstić information content (AvgIpc) is 3.57. The summed E-state index contributed by atoms with van der Waals surface area (Å²) in [6, 6.07) is 15.5. The highest BCUT2D eigenvalue weighted by Gasteiger charge is 2.26. The Bertz CT molecular complexity index is 2120. The van der Waals surface area contributed by atoms with Gasteiger partial charge in [-0.15, -0.1) is 0 Å².